The molecule has 0 radical (unpaired) electrons. The van der Waals surface area contributed by atoms with Crippen LogP contribution < -0.4 is 10.0 Å². The summed E-state index contributed by atoms with van der Waals surface area (Å²) in [7, 11) is -4.07. The van der Waals surface area contributed by atoms with Gasteiger partial charge in [0.2, 0.25) is 10.0 Å². The lowest BCUT2D eigenvalue weighted by molar-refractivity contribution is 0.102. The Kier molecular flexibility index (Phi) is 6.35. The summed E-state index contributed by atoms with van der Waals surface area (Å²) >= 11 is 1.52. The van der Waals surface area contributed by atoms with Crippen molar-refractivity contribution in [1.82, 2.24) is 4.72 Å². The van der Waals surface area contributed by atoms with Crippen LogP contribution >= 0.6 is 11.8 Å². The molecule has 2 aromatic carbocycles. The molecule has 8 heteroatoms. The van der Waals surface area contributed by atoms with E-state index in [2.05, 4.69) is 16.6 Å². The van der Waals surface area contributed by atoms with Gasteiger partial charge in [0.05, 0.1) is 0 Å². The summed E-state index contributed by atoms with van der Waals surface area (Å²) < 4.78 is 40.3. The Morgan fingerprint density at radius 3 is 2.72 bits per heavy atom. The van der Waals surface area contributed by atoms with Crippen LogP contribution in [0.3, 0.4) is 0 Å². The van der Waals surface area contributed by atoms with Crippen molar-refractivity contribution in [2.75, 3.05) is 18.1 Å². The maximum absolute atomic E-state index is 13.9. The van der Waals surface area contributed by atoms with E-state index in [9.17, 15) is 17.6 Å². The van der Waals surface area contributed by atoms with Crippen LogP contribution in [0.4, 0.5) is 10.1 Å². The van der Waals surface area contributed by atoms with E-state index in [4.69, 9.17) is 0 Å². The third-order valence-electron chi connectivity index (χ3n) is 3.23. The molecule has 0 atom stereocenters. The highest BCUT2D eigenvalue weighted by Crippen LogP contribution is 2.21. The number of carbonyl (C=O) groups is 1. The summed E-state index contributed by atoms with van der Waals surface area (Å²) in [5.41, 5.74) is 0.602. The van der Waals surface area contributed by atoms with Crippen molar-refractivity contribution in [2.45, 2.75) is 9.79 Å². The van der Waals surface area contributed by atoms with Crippen molar-refractivity contribution >= 4 is 33.4 Å². The first-order chi connectivity index (χ1) is 11.9. The first kappa shape index (κ1) is 19.2. The lowest BCUT2D eigenvalue weighted by Crippen LogP contribution is -2.25. The summed E-state index contributed by atoms with van der Waals surface area (Å²) in [5, 5.41) is 2.67. The van der Waals surface area contributed by atoms with E-state index in [-0.39, 0.29) is 12.1 Å². The summed E-state index contributed by atoms with van der Waals surface area (Å²) in [6.45, 7) is 3.36. The summed E-state index contributed by atoms with van der Waals surface area (Å²) in [6, 6.07) is 10.4. The van der Waals surface area contributed by atoms with Crippen molar-refractivity contribution < 1.29 is 17.6 Å². The molecule has 1 amide bonds. The van der Waals surface area contributed by atoms with Gasteiger partial charge in [0.25, 0.3) is 5.91 Å². The largest absolute Gasteiger partial charge is 0.322 e. The van der Waals surface area contributed by atoms with E-state index in [0.717, 1.165) is 17.0 Å². The molecule has 0 saturated carbocycles. The molecule has 2 aromatic rings. The SMILES string of the molecule is C=CCNS(=O)(=O)c1cc(C(=O)Nc2cccc(SC)c2)ccc1F. The molecule has 2 rings (SSSR count). The van der Waals surface area contributed by atoms with Crippen molar-refractivity contribution in [3.63, 3.8) is 0 Å². The fourth-order valence-corrected chi connectivity index (χ4v) is 3.56. The number of hydrogen-bond acceptors (Lipinski definition) is 4. The highest BCUT2D eigenvalue weighted by molar-refractivity contribution is 7.98. The molecule has 25 heavy (non-hydrogen) atoms. The number of carbonyl (C=O) groups excluding carboxylic acids is 1. The van der Waals surface area contributed by atoms with Gasteiger partial charge in [-0.05, 0) is 42.7 Å². The monoisotopic (exact) mass is 380 g/mol. The number of benzene rings is 2. The van der Waals surface area contributed by atoms with Gasteiger partial charge in [-0.15, -0.1) is 18.3 Å². The molecular weight excluding hydrogens is 363 g/mol. The summed E-state index contributed by atoms with van der Waals surface area (Å²) in [4.78, 5) is 12.7. The van der Waals surface area contributed by atoms with Crippen LogP contribution in [0.15, 0.2) is 64.9 Å². The lowest BCUT2D eigenvalue weighted by atomic mass is 10.2. The zero-order chi connectivity index (χ0) is 18.4. The van der Waals surface area contributed by atoms with E-state index < -0.39 is 26.6 Å². The van der Waals surface area contributed by atoms with Crippen LogP contribution in [-0.4, -0.2) is 27.1 Å². The number of amides is 1. The predicted molar refractivity (Wildman–Crippen MR) is 98.0 cm³/mol. The maximum atomic E-state index is 13.9. The van der Waals surface area contributed by atoms with E-state index in [0.29, 0.717) is 5.69 Å². The number of halogens is 1. The molecule has 0 spiro atoms. The van der Waals surface area contributed by atoms with Crippen molar-refractivity contribution in [1.29, 1.82) is 0 Å². The standard InChI is InChI=1S/C17H17FN2O3S2/c1-3-9-19-25(22,23)16-10-12(7-8-15(16)18)17(21)20-13-5-4-6-14(11-13)24-2/h3-8,10-11,19H,1,9H2,2H3,(H,20,21). The molecule has 0 saturated heterocycles. The molecule has 0 heterocycles. The summed E-state index contributed by atoms with van der Waals surface area (Å²) in [5.74, 6) is -1.46. The Hall–Kier alpha value is -2.16. The second kappa shape index (κ2) is 8.28. The molecule has 132 valence electrons. The van der Waals surface area contributed by atoms with Gasteiger partial charge in [-0.25, -0.2) is 17.5 Å². The number of sulfonamides is 1. The smallest absolute Gasteiger partial charge is 0.255 e. The van der Waals surface area contributed by atoms with Crippen LogP contribution in [0.5, 0.6) is 0 Å². The number of thioether (sulfide) groups is 1. The number of hydrogen-bond donors (Lipinski definition) is 2. The number of anilines is 1. The third kappa shape index (κ3) is 4.91. The fourth-order valence-electron chi connectivity index (χ4n) is 2.00. The van der Waals surface area contributed by atoms with Gasteiger partial charge in [-0.2, -0.15) is 0 Å². The molecule has 2 N–H and O–H groups in total. The Labute approximate surface area is 150 Å². The van der Waals surface area contributed by atoms with Crippen molar-refractivity contribution in [3.8, 4) is 0 Å². The molecule has 0 aromatic heterocycles. The van der Waals surface area contributed by atoms with Gasteiger partial charge in [-0.3, -0.25) is 4.79 Å². The molecule has 0 aliphatic heterocycles. The molecular formula is C17H17FN2O3S2. The first-order valence-corrected chi connectivity index (χ1v) is 9.93. The van der Waals surface area contributed by atoms with E-state index in [1.807, 2.05) is 12.3 Å². The minimum Gasteiger partial charge on any atom is -0.322 e. The van der Waals surface area contributed by atoms with Gasteiger partial charge in [0.15, 0.2) is 0 Å². The van der Waals surface area contributed by atoms with Crippen molar-refractivity contribution in [3.05, 3.63) is 66.5 Å². The van der Waals surface area contributed by atoms with Crippen LogP contribution in [-0.2, 0) is 10.0 Å². The van der Waals surface area contributed by atoms with Gasteiger partial charge in [0, 0.05) is 22.7 Å². The Morgan fingerprint density at radius 2 is 2.04 bits per heavy atom. The van der Waals surface area contributed by atoms with E-state index >= 15 is 0 Å². The minimum atomic E-state index is -4.07. The Balaban J connectivity index is 2.29. The normalized spacial score (nSPS) is 11.1. The zero-order valence-electron chi connectivity index (χ0n) is 13.5. The first-order valence-electron chi connectivity index (χ1n) is 7.23. The van der Waals surface area contributed by atoms with Crippen LogP contribution in [0.1, 0.15) is 10.4 Å². The average Bonchev–Trinajstić information content (AvgIpc) is 2.60. The minimum absolute atomic E-state index is 0.0370. The van der Waals surface area contributed by atoms with Gasteiger partial charge in [-0.1, -0.05) is 12.1 Å². The lowest BCUT2D eigenvalue weighted by Gasteiger charge is -2.10. The maximum Gasteiger partial charge on any atom is 0.255 e. The van der Waals surface area contributed by atoms with E-state index in [1.54, 1.807) is 18.2 Å². The van der Waals surface area contributed by atoms with Gasteiger partial charge < -0.3 is 5.32 Å². The third-order valence-corrected chi connectivity index (χ3v) is 5.39. The average molecular weight is 380 g/mol. The molecule has 0 aliphatic rings. The number of nitrogens with one attached hydrogen (secondary N) is 2. The van der Waals surface area contributed by atoms with Gasteiger partial charge >= 0.3 is 0 Å². The molecule has 5 nitrogen and oxygen atoms in total. The highest BCUT2D eigenvalue weighted by atomic mass is 32.2. The predicted octanol–water partition coefficient (Wildman–Crippen LogP) is 3.26. The second-order valence-electron chi connectivity index (χ2n) is 4.97. The van der Waals surface area contributed by atoms with Crippen LogP contribution in [0.2, 0.25) is 0 Å². The van der Waals surface area contributed by atoms with Gasteiger partial charge in [0.1, 0.15) is 10.7 Å². The fraction of sp³-hybridized carbons (Fsp3) is 0.118. The zero-order valence-corrected chi connectivity index (χ0v) is 15.1. The number of rotatable bonds is 7. The molecule has 0 aliphatic carbocycles. The van der Waals surface area contributed by atoms with E-state index in [1.165, 1.54) is 23.9 Å². The topological polar surface area (TPSA) is 75.3 Å². The second-order valence-corrected chi connectivity index (χ2v) is 7.59. The van der Waals surface area contributed by atoms with Crippen molar-refractivity contribution in [2.24, 2.45) is 0 Å². The summed E-state index contributed by atoms with van der Waals surface area (Å²) in [6.07, 6.45) is 3.25. The quantitative estimate of drug-likeness (QED) is 0.571. The Bertz CT molecular complexity index is 899. The molecule has 0 fully saturated rings. The molecule has 0 unspecified atom stereocenters. The molecule has 0 bridgehead atoms. The highest BCUT2D eigenvalue weighted by Gasteiger charge is 2.20. The Morgan fingerprint density at radius 1 is 1.28 bits per heavy atom. The van der Waals surface area contributed by atoms with Crippen LogP contribution in [0, 0.1) is 5.82 Å². The van der Waals surface area contributed by atoms with Crippen LogP contribution in [0.25, 0.3) is 0 Å².